The summed E-state index contributed by atoms with van der Waals surface area (Å²) < 4.78 is 53.7. The molecule has 3 aromatic rings. The molecule has 0 bridgehead atoms. The number of hydrogen-bond donors (Lipinski definition) is 1. The Morgan fingerprint density at radius 3 is 2.23 bits per heavy atom. The number of benzene rings is 2. The number of rotatable bonds is 4. The van der Waals surface area contributed by atoms with Gasteiger partial charge in [-0.2, -0.15) is 18.3 Å². The second-order valence-corrected chi connectivity index (χ2v) is 7.03. The number of para-hydroxylation sites is 1. The molecule has 0 atom stereocenters. The predicted molar refractivity (Wildman–Crippen MR) is 103 cm³/mol. The zero-order valence-corrected chi connectivity index (χ0v) is 16.0. The lowest BCUT2D eigenvalue weighted by atomic mass is 10.0. The zero-order valence-electron chi connectivity index (χ0n) is 16.0. The molecule has 3 rings (SSSR count). The first kappa shape index (κ1) is 21.2. The maximum absolute atomic E-state index is 13.2. The lowest BCUT2D eigenvalue weighted by Gasteiger charge is -2.26. The molecule has 5 nitrogen and oxygen atoms in total. The summed E-state index contributed by atoms with van der Waals surface area (Å²) in [5.41, 5.74) is -2.87. The number of carbonyl (C=O) groups excluding carboxylic acids is 1. The van der Waals surface area contributed by atoms with Crippen molar-refractivity contribution in [2.24, 2.45) is 0 Å². The van der Waals surface area contributed by atoms with E-state index in [0.717, 1.165) is 16.8 Å². The van der Waals surface area contributed by atoms with Crippen LogP contribution in [-0.4, -0.2) is 15.7 Å². The Labute approximate surface area is 169 Å². The standard InChI is InChI=1S/C21H17F4N3O2/c1-20(2,19(30)26-17-6-4-3-5-15(17)21(23,24)25)28-18(29)12-11-16(27-28)13-7-9-14(22)10-8-13/h3-12H,1-2H3,(H,26,30). The molecule has 1 amide bonds. The fourth-order valence-corrected chi connectivity index (χ4v) is 2.80. The molecule has 2 aromatic carbocycles. The summed E-state index contributed by atoms with van der Waals surface area (Å²) in [5, 5.41) is 6.42. The van der Waals surface area contributed by atoms with Gasteiger partial charge in [0.1, 0.15) is 11.4 Å². The molecule has 0 saturated carbocycles. The van der Waals surface area contributed by atoms with E-state index in [-0.39, 0.29) is 0 Å². The second kappa shape index (κ2) is 7.74. The van der Waals surface area contributed by atoms with Crippen LogP contribution in [0.3, 0.4) is 0 Å². The topological polar surface area (TPSA) is 64.0 Å². The van der Waals surface area contributed by atoms with Gasteiger partial charge in [0.15, 0.2) is 0 Å². The number of aromatic nitrogens is 2. The quantitative estimate of drug-likeness (QED) is 0.636. The van der Waals surface area contributed by atoms with E-state index < -0.39 is 40.2 Å². The summed E-state index contributed by atoms with van der Waals surface area (Å²) in [6, 6.07) is 12.5. The van der Waals surface area contributed by atoms with Gasteiger partial charge in [0, 0.05) is 11.6 Å². The van der Waals surface area contributed by atoms with Crippen molar-refractivity contribution in [3.63, 3.8) is 0 Å². The monoisotopic (exact) mass is 419 g/mol. The highest BCUT2D eigenvalue weighted by molar-refractivity contribution is 5.96. The molecular formula is C21H17F4N3O2. The Morgan fingerprint density at radius 1 is 0.967 bits per heavy atom. The lowest BCUT2D eigenvalue weighted by molar-refractivity contribution is -0.137. The molecule has 0 radical (unpaired) electrons. The average Bonchev–Trinajstić information content (AvgIpc) is 2.68. The number of halogens is 4. The van der Waals surface area contributed by atoms with E-state index in [2.05, 4.69) is 10.4 Å². The van der Waals surface area contributed by atoms with Gasteiger partial charge in [0.25, 0.3) is 11.5 Å². The van der Waals surface area contributed by atoms with Crippen molar-refractivity contribution in [3.05, 3.63) is 82.4 Å². The van der Waals surface area contributed by atoms with Crippen molar-refractivity contribution in [1.29, 1.82) is 0 Å². The summed E-state index contributed by atoms with van der Waals surface area (Å²) in [6.07, 6.45) is -4.66. The molecule has 1 N–H and O–H groups in total. The average molecular weight is 419 g/mol. The van der Waals surface area contributed by atoms with Crippen molar-refractivity contribution in [3.8, 4) is 11.3 Å². The maximum Gasteiger partial charge on any atom is 0.418 e. The first-order valence-electron chi connectivity index (χ1n) is 8.84. The molecule has 0 fully saturated rings. The van der Waals surface area contributed by atoms with Crippen LogP contribution in [0.25, 0.3) is 11.3 Å². The minimum absolute atomic E-state index is 0.297. The van der Waals surface area contributed by atoms with Gasteiger partial charge < -0.3 is 5.32 Å². The van der Waals surface area contributed by atoms with Crippen molar-refractivity contribution in [2.75, 3.05) is 5.32 Å². The van der Waals surface area contributed by atoms with Gasteiger partial charge in [-0.1, -0.05) is 12.1 Å². The molecular weight excluding hydrogens is 402 g/mol. The van der Waals surface area contributed by atoms with Crippen LogP contribution in [0.4, 0.5) is 23.2 Å². The Bertz CT molecular complexity index is 1140. The third-order valence-corrected chi connectivity index (χ3v) is 4.51. The van der Waals surface area contributed by atoms with Crippen molar-refractivity contribution >= 4 is 11.6 Å². The van der Waals surface area contributed by atoms with E-state index in [0.29, 0.717) is 11.3 Å². The van der Waals surface area contributed by atoms with Crippen LogP contribution in [0.5, 0.6) is 0 Å². The van der Waals surface area contributed by atoms with Gasteiger partial charge >= 0.3 is 6.18 Å². The van der Waals surface area contributed by atoms with Crippen LogP contribution in [0, 0.1) is 5.82 Å². The molecule has 1 heterocycles. The van der Waals surface area contributed by atoms with Crippen LogP contribution in [0.2, 0.25) is 0 Å². The second-order valence-electron chi connectivity index (χ2n) is 7.03. The van der Waals surface area contributed by atoms with E-state index in [1.54, 1.807) is 0 Å². The van der Waals surface area contributed by atoms with Crippen LogP contribution in [0.15, 0.2) is 65.5 Å². The van der Waals surface area contributed by atoms with Crippen molar-refractivity contribution in [1.82, 2.24) is 9.78 Å². The van der Waals surface area contributed by atoms with Crippen LogP contribution in [-0.2, 0) is 16.5 Å². The number of hydrogen-bond acceptors (Lipinski definition) is 3. The molecule has 0 aliphatic heterocycles. The molecule has 1 aromatic heterocycles. The highest BCUT2D eigenvalue weighted by Crippen LogP contribution is 2.35. The molecule has 0 aliphatic rings. The summed E-state index contributed by atoms with van der Waals surface area (Å²) >= 11 is 0. The number of carbonyl (C=O) groups is 1. The fraction of sp³-hybridized carbons (Fsp3) is 0.190. The van der Waals surface area contributed by atoms with Crippen LogP contribution in [0.1, 0.15) is 19.4 Å². The maximum atomic E-state index is 13.2. The third kappa shape index (κ3) is 4.24. The van der Waals surface area contributed by atoms with E-state index in [1.807, 2.05) is 0 Å². The third-order valence-electron chi connectivity index (χ3n) is 4.51. The SMILES string of the molecule is CC(C)(C(=O)Nc1ccccc1C(F)(F)F)n1nc(-c2ccc(F)cc2)ccc1=O. The number of amides is 1. The van der Waals surface area contributed by atoms with Gasteiger partial charge in [-0.3, -0.25) is 9.59 Å². The molecule has 156 valence electrons. The minimum Gasteiger partial charge on any atom is -0.323 e. The minimum atomic E-state index is -4.66. The smallest absolute Gasteiger partial charge is 0.323 e. The zero-order chi connectivity index (χ0) is 22.1. The number of nitrogens with one attached hydrogen (secondary N) is 1. The Kier molecular flexibility index (Phi) is 5.47. The fourth-order valence-electron chi connectivity index (χ4n) is 2.80. The summed E-state index contributed by atoms with van der Waals surface area (Å²) in [5.74, 6) is -1.31. The van der Waals surface area contributed by atoms with E-state index in [9.17, 15) is 27.2 Å². The van der Waals surface area contributed by atoms with Gasteiger partial charge in [-0.15, -0.1) is 0 Å². The number of anilines is 1. The Hall–Kier alpha value is -3.49. The summed E-state index contributed by atoms with van der Waals surface area (Å²) in [4.78, 5) is 25.2. The van der Waals surface area contributed by atoms with Gasteiger partial charge in [-0.25, -0.2) is 9.07 Å². The number of nitrogens with zero attached hydrogens (tertiary/aromatic N) is 2. The van der Waals surface area contributed by atoms with Gasteiger partial charge in [0.2, 0.25) is 0 Å². The van der Waals surface area contributed by atoms with E-state index in [4.69, 9.17) is 0 Å². The molecule has 0 aliphatic carbocycles. The van der Waals surface area contributed by atoms with Gasteiger partial charge in [-0.05, 0) is 56.3 Å². The van der Waals surface area contributed by atoms with Gasteiger partial charge in [0.05, 0.1) is 16.9 Å². The van der Waals surface area contributed by atoms with E-state index in [1.165, 1.54) is 62.4 Å². The lowest BCUT2D eigenvalue weighted by Crippen LogP contribution is -2.47. The van der Waals surface area contributed by atoms with Crippen molar-refractivity contribution in [2.45, 2.75) is 25.6 Å². The largest absolute Gasteiger partial charge is 0.418 e. The first-order valence-corrected chi connectivity index (χ1v) is 8.84. The van der Waals surface area contributed by atoms with Crippen LogP contribution < -0.4 is 10.9 Å². The molecule has 9 heteroatoms. The molecule has 0 spiro atoms. The Balaban J connectivity index is 1.97. The molecule has 0 unspecified atom stereocenters. The molecule has 30 heavy (non-hydrogen) atoms. The normalized spacial score (nSPS) is 11.9. The van der Waals surface area contributed by atoms with E-state index >= 15 is 0 Å². The highest BCUT2D eigenvalue weighted by Gasteiger charge is 2.37. The highest BCUT2D eigenvalue weighted by atomic mass is 19.4. The summed E-state index contributed by atoms with van der Waals surface area (Å²) in [7, 11) is 0. The first-order chi connectivity index (χ1) is 14.0. The summed E-state index contributed by atoms with van der Waals surface area (Å²) in [6.45, 7) is 2.72. The number of alkyl halides is 3. The predicted octanol–water partition coefficient (Wildman–Crippen LogP) is 4.44. The Morgan fingerprint density at radius 2 is 1.60 bits per heavy atom. The van der Waals surface area contributed by atoms with Crippen molar-refractivity contribution < 1.29 is 22.4 Å². The van der Waals surface area contributed by atoms with Crippen LogP contribution >= 0.6 is 0 Å². The molecule has 0 saturated heterocycles.